The summed E-state index contributed by atoms with van der Waals surface area (Å²) in [6.07, 6.45) is -40.9. The maximum absolute atomic E-state index is 13.6. The van der Waals surface area contributed by atoms with Gasteiger partial charge in [-0.05, 0) is 120 Å². The molecular weight excluding hydrogens is 1220 g/mol. The fraction of sp³-hybridized carbons (Fsp3) is 0.948. The molecule has 0 amide bonds. The van der Waals surface area contributed by atoms with E-state index in [0.717, 1.165) is 5.57 Å². The van der Waals surface area contributed by atoms with Gasteiger partial charge in [-0.25, -0.2) is 8.42 Å². The third kappa shape index (κ3) is 14.4. The zero-order valence-corrected chi connectivity index (χ0v) is 55.0. The van der Waals surface area contributed by atoms with Crippen molar-refractivity contribution in [3.8, 4) is 0 Å². The summed E-state index contributed by atoms with van der Waals surface area (Å²) in [4.78, 5) is 13.6. The quantitative estimate of drug-likeness (QED) is 0.0200. The summed E-state index contributed by atoms with van der Waals surface area (Å²) in [6, 6.07) is 0. The molecule has 0 spiro atoms. The molecule has 29 unspecified atom stereocenters. The molecule has 508 valence electrons. The molecule has 4 aliphatic carbocycles. The summed E-state index contributed by atoms with van der Waals surface area (Å²) in [7, 11) is -5.18. The Morgan fingerprint density at radius 3 is 1.76 bits per heavy atom. The number of ether oxygens (including phenoxy) is 10. The Kier molecular flexibility index (Phi) is 23.4. The monoisotopic (exact) mass is 1310 g/mol. The molecule has 5 aliphatic heterocycles. The minimum absolute atomic E-state index is 0. The van der Waals surface area contributed by atoms with E-state index >= 15 is 0 Å². The minimum Gasteiger partial charge on any atom is -0.726 e. The average molecular weight is 1310 g/mol. The molecule has 5 heterocycles. The number of rotatable bonds is 18. The topological polar surface area (TPSA) is 459 Å². The maximum Gasteiger partial charge on any atom is 1.00 e. The second-order valence-corrected chi connectivity index (χ2v) is 28.6. The number of hydrogen-bond acceptors (Lipinski definition) is 29. The average Bonchev–Trinajstić information content (AvgIpc) is 1.72. The number of aliphatic hydroxyl groups is 14. The van der Waals surface area contributed by atoms with Crippen LogP contribution in [0.25, 0.3) is 0 Å². The third-order valence-corrected chi connectivity index (χ3v) is 22.1. The molecule has 0 aromatic carbocycles. The predicted molar refractivity (Wildman–Crippen MR) is 294 cm³/mol. The summed E-state index contributed by atoms with van der Waals surface area (Å²) in [5, 5.41) is 158. The van der Waals surface area contributed by atoms with Crippen LogP contribution in [0.3, 0.4) is 0 Å². The van der Waals surface area contributed by atoms with E-state index in [4.69, 9.17) is 51.6 Å². The van der Waals surface area contributed by atoms with Crippen LogP contribution in [0, 0.1) is 46.3 Å². The van der Waals surface area contributed by atoms with Gasteiger partial charge in [0.1, 0.15) is 103 Å². The van der Waals surface area contributed by atoms with Crippen LogP contribution < -0.4 is 29.6 Å². The molecule has 31 heteroatoms. The third-order valence-electron chi connectivity index (χ3n) is 21.6. The molecule has 9 aliphatic rings. The Hall–Kier alpha value is -0.680. The summed E-state index contributed by atoms with van der Waals surface area (Å²) in [6.45, 7) is 16.0. The maximum atomic E-state index is 13.6. The van der Waals surface area contributed by atoms with Crippen LogP contribution in [-0.4, -0.2) is 268 Å². The van der Waals surface area contributed by atoms with Gasteiger partial charge in [0.25, 0.3) is 0 Å². The molecule has 0 radical (unpaired) electrons. The first kappa shape index (κ1) is 74.1. The number of allylic oxidation sites excluding steroid dienone is 2. The van der Waals surface area contributed by atoms with Gasteiger partial charge in [0, 0.05) is 12.3 Å². The normalized spacial score (nSPS) is 50.3. The van der Waals surface area contributed by atoms with Gasteiger partial charge < -0.3 is 123 Å². The molecule has 0 aromatic rings. The van der Waals surface area contributed by atoms with Gasteiger partial charge in [-0.15, -0.1) is 0 Å². The smallest absolute Gasteiger partial charge is 0.726 e. The number of aliphatic hydroxyl groups excluding tert-OH is 11. The largest absolute Gasteiger partial charge is 1.00 e. The van der Waals surface area contributed by atoms with Gasteiger partial charge in [0.15, 0.2) is 31.5 Å². The van der Waals surface area contributed by atoms with Crippen molar-refractivity contribution in [1.29, 1.82) is 0 Å². The zero-order chi connectivity index (χ0) is 65.0. The van der Waals surface area contributed by atoms with E-state index in [0.29, 0.717) is 25.7 Å². The summed E-state index contributed by atoms with van der Waals surface area (Å²) in [5.41, 5.74) is -1.52. The molecule has 14 N–H and O–H groups in total. The van der Waals surface area contributed by atoms with Crippen molar-refractivity contribution in [2.45, 2.75) is 292 Å². The van der Waals surface area contributed by atoms with Crippen LogP contribution in [-0.2, 0) is 66.7 Å². The number of hydrogen-bond donors (Lipinski definition) is 14. The van der Waals surface area contributed by atoms with Crippen LogP contribution in [0.1, 0.15) is 121 Å². The Morgan fingerprint density at radius 2 is 1.20 bits per heavy atom. The second kappa shape index (κ2) is 28.0. The first-order valence-electron chi connectivity index (χ1n) is 30.9. The fourth-order valence-corrected chi connectivity index (χ4v) is 16.5. The van der Waals surface area contributed by atoms with Crippen molar-refractivity contribution in [1.82, 2.24) is 0 Å². The number of carbonyl (C=O) groups excluding carboxylic acids is 1. The summed E-state index contributed by atoms with van der Waals surface area (Å²) >= 11 is 0. The van der Waals surface area contributed by atoms with Crippen LogP contribution in [0.4, 0.5) is 0 Å². The van der Waals surface area contributed by atoms with Crippen LogP contribution >= 0.6 is 0 Å². The molecule has 9 rings (SSSR count). The van der Waals surface area contributed by atoms with E-state index < -0.39 is 205 Å². The standard InChI is InChI=1S/C58H96O29S.Na/c1-21(2)22(3)32(60)19-57(10,71)35-12-11-29-28-18-33(31-17-27(87-88(74,75)76)13-15-55(31,8)30(28)14-16-56(29,35)9)81-52-45(70)49(58(72,73)26(7)80-52)86-53-48(85-51-43(68)40(65)37(62)24(5)78-51)44(69)46(25(6)79-53)83-54-47(41(66)38(63)34(20-59)82-54)84-50-42(67)39(64)36(61)23(4)77-50;/h14,21-29,31,33-54,59,61-73H,11-13,15-20H2,1-10H3,(H,74,75,76);/q;+1/p-1/t22-,23?,24?,25?,26?,27-,28?,29?,31?,33?,34?,35-,36?,37?,38?,39?,40?,41?,42?,43?,44?,45?,46?,47?,48?,49?,50?,51?,52?,53?,54?,55+,56-,57?;/m0./s1. The summed E-state index contributed by atoms with van der Waals surface area (Å²) < 4.78 is 102. The SMILES string of the molecule is CC1OC(OC2C(OC3C(C)OC(OC4C(O)C(OC5CC6C(=CC[C@@]7(C)C6CC[C@@H]7C(C)(O)CC(=O)[C@@H](C)C(C)C)[C@@]6(C)CC[C@H](OS(=O)(=O)[O-])CC56)OC(C)C4(O)O)C(OC4OC(C)C(O)C(O)C4O)C3O)OC(CO)C(O)C2O)C(O)C(O)C1O.[Na+]. The number of Topliss-reactive ketones (excluding diaryl/α,β-unsaturated/α-hetero) is 1. The molecule has 34 atom stereocenters. The Morgan fingerprint density at radius 1 is 0.663 bits per heavy atom. The molecule has 0 aromatic heterocycles. The van der Waals surface area contributed by atoms with Gasteiger partial charge in [0.05, 0.1) is 42.7 Å². The van der Waals surface area contributed by atoms with Crippen molar-refractivity contribution in [2.24, 2.45) is 46.3 Å². The predicted octanol–water partition coefficient (Wildman–Crippen LogP) is -6.06. The molecule has 29 nitrogen and oxygen atoms in total. The van der Waals surface area contributed by atoms with Crippen LogP contribution in [0.15, 0.2) is 11.6 Å². The molecule has 89 heavy (non-hydrogen) atoms. The first-order valence-corrected chi connectivity index (χ1v) is 32.2. The van der Waals surface area contributed by atoms with Crippen molar-refractivity contribution in [2.75, 3.05) is 6.61 Å². The first-order chi connectivity index (χ1) is 40.9. The molecule has 3 saturated carbocycles. The van der Waals surface area contributed by atoms with Crippen molar-refractivity contribution >= 4 is 16.2 Å². The van der Waals surface area contributed by atoms with Gasteiger partial charge in [-0.2, -0.15) is 0 Å². The Balaban J connectivity index is 0.0000102. The summed E-state index contributed by atoms with van der Waals surface area (Å²) in [5.74, 6) is -4.59. The van der Waals surface area contributed by atoms with Crippen LogP contribution in [0.5, 0.6) is 0 Å². The van der Waals surface area contributed by atoms with Gasteiger partial charge in [0.2, 0.25) is 16.2 Å². The van der Waals surface area contributed by atoms with Crippen molar-refractivity contribution < 1.29 is 170 Å². The number of fused-ring (bicyclic) bond motifs is 5. The molecule has 5 saturated heterocycles. The molecule has 0 bridgehead atoms. The molecular formula is C58H95NaO29S. The molecule has 8 fully saturated rings. The van der Waals surface area contributed by atoms with Gasteiger partial charge in [-0.3, -0.25) is 8.98 Å². The van der Waals surface area contributed by atoms with E-state index in [1.807, 2.05) is 27.7 Å². The van der Waals surface area contributed by atoms with Crippen molar-refractivity contribution in [3.63, 3.8) is 0 Å². The van der Waals surface area contributed by atoms with Gasteiger partial charge >= 0.3 is 29.6 Å². The van der Waals surface area contributed by atoms with E-state index in [1.54, 1.807) is 6.92 Å². The zero-order valence-electron chi connectivity index (χ0n) is 52.2. The minimum atomic E-state index is -5.18. The Bertz CT molecular complexity index is 2550. The second-order valence-electron chi connectivity index (χ2n) is 27.6. The Labute approximate surface area is 540 Å². The van der Waals surface area contributed by atoms with Crippen LogP contribution in [0.2, 0.25) is 0 Å². The van der Waals surface area contributed by atoms with E-state index in [9.17, 15) is 89.3 Å². The van der Waals surface area contributed by atoms with Crippen molar-refractivity contribution in [3.05, 3.63) is 11.6 Å². The van der Waals surface area contributed by atoms with E-state index in [-0.39, 0.29) is 90.6 Å². The number of ketones is 1. The van der Waals surface area contributed by atoms with E-state index in [2.05, 4.69) is 13.0 Å². The van der Waals surface area contributed by atoms with Gasteiger partial charge in [-0.1, -0.05) is 46.3 Å². The fourth-order valence-electron chi connectivity index (χ4n) is 16.0. The van der Waals surface area contributed by atoms with E-state index in [1.165, 1.54) is 27.7 Å². The number of carbonyl (C=O) groups is 1.